The molecule has 3 aromatic carbocycles. The van der Waals surface area contributed by atoms with Gasteiger partial charge in [-0.1, -0.05) is 48.5 Å². The Morgan fingerprint density at radius 2 is 1.62 bits per heavy atom. The summed E-state index contributed by atoms with van der Waals surface area (Å²) in [4.78, 5) is 18.2. The van der Waals surface area contributed by atoms with Gasteiger partial charge in [0.15, 0.2) is 0 Å². The van der Waals surface area contributed by atoms with Gasteiger partial charge in [0.1, 0.15) is 5.82 Å². The Morgan fingerprint density at radius 1 is 0.882 bits per heavy atom. The van der Waals surface area contributed by atoms with Crippen molar-refractivity contribution in [1.29, 1.82) is 0 Å². The summed E-state index contributed by atoms with van der Waals surface area (Å²) in [6, 6.07) is 21.5. The minimum Gasteiger partial charge on any atom is -0.352 e. The largest absolute Gasteiger partial charge is 0.352 e. The van der Waals surface area contributed by atoms with E-state index in [-0.39, 0.29) is 17.6 Å². The normalized spacial score (nSPS) is 21.7. The fourth-order valence-corrected chi connectivity index (χ4v) is 5.62. The minimum atomic E-state index is -0.253. The molecule has 5 heteroatoms. The van der Waals surface area contributed by atoms with E-state index in [0.717, 1.165) is 38.2 Å². The summed E-state index contributed by atoms with van der Waals surface area (Å²) < 4.78 is 13.2. The summed E-state index contributed by atoms with van der Waals surface area (Å²) in [5.41, 5.74) is 2.22. The van der Waals surface area contributed by atoms with Crippen molar-refractivity contribution in [2.45, 2.75) is 32.4 Å². The Morgan fingerprint density at radius 3 is 2.41 bits per heavy atom. The average molecular weight is 460 g/mol. The van der Waals surface area contributed by atoms with E-state index < -0.39 is 0 Å². The molecule has 1 amide bonds. The number of hydrogen-bond donors (Lipinski definition) is 1. The Hall–Kier alpha value is -2.76. The van der Waals surface area contributed by atoms with E-state index in [2.05, 4.69) is 57.6 Å². The second-order valence-corrected chi connectivity index (χ2v) is 10.0. The molecule has 2 atom stereocenters. The predicted octanol–water partition coefficient (Wildman–Crippen LogP) is 4.83. The van der Waals surface area contributed by atoms with Gasteiger partial charge in [-0.15, -0.1) is 0 Å². The SMILES string of the molecule is O=C(NCc1ccc(F)cc1)[C@@H]1C[C@H](CN2CCCC2)CN(Cc2ccc3ccccc3c2)C1. The van der Waals surface area contributed by atoms with Crippen LogP contribution in [0.2, 0.25) is 0 Å². The van der Waals surface area contributed by atoms with Crippen LogP contribution in [-0.2, 0) is 17.9 Å². The number of likely N-dealkylation sites (tertiary alicyclic amines) is 2. The number of amides is 1. The molecule has 0 aliphatic carbocycles. The number of benzene rings is 3. The lowest BCUT2D eigenvalue weighted by molar-refractivity contribution is -0.127. The fraction of sp³-hybridized carbons (Fsp3) is 0.414. The van der Waals surface area contributed by atoms with Crippen LogP contribution in [0, 0.1) is 17.7 Å². The highest BCUT2D eigenvalue weighted by Crippen LogP contribution is 2.27. The van der Waals surface area contributed by atoms with Gasteiger partial charge in [-0.05, 0) is 78.4 Å². The van der Waals surface area contributed by atoms with Gasteiger partial charge in [0.05, 0.1) is 5.92 Å². The molecule has 4 nitrogen and oxygen atoms in total. The predicted molar refractivity (Wildman–Crippen MR) is 135 cm³/mol. The molecule has 34 heavy (non-hydrogen) atoms. The molecule has 3 aromatic rings. The zero-order valence-electron chi connectivity index (χ0n) is 19.8. The van der Waals surface area contributed by atoms with Gasteiger partial charge in [0.2, 0.25) is 5.91 Å². The molecule has 0 spiro atoms. The number of carbonyl (C=O) groups excluding carboxylic acids is 1. The standard InChI is InChI=1S/C29H34FN3O/c30-28-11-8-22(9-12-28)17-31-29(34)27-16-24(19-32-13-3-4-14-32)20-33(21-27)18-23-7-10-25-5-1-2-6-26(25)15-23/h1-2,5-12,15,24,27H,3-4,13-14,16-21H2,(H,31,34)/t24-,27-/m1/s1. The molecule has 2 aliphatic heterocycles. The van der Waals surface area contributed by atoms with Crippen molar-refractivity contribution >= 4 is 16.7 Å². The molecule has 0 saturated carbocycles. The number of carbonyl (C=O) groups is 1. The molecule has 2 heterocycles. The Bertz CT molecular complexity index is 1110. The first-order valence-corrected chi connectivity index (χ1v) is 12.6. The molecule has 0 aromatic heterocycles. The van der Waals surface area contributed by atoms with Gasteiger partial charge in [-0.25, -0.2) is 4.39 Å². The third-order valence-corrected chi connectivity index (χ3v) is 7.30. The van der Waals surface area contributed by atoms with E-state index in [1.165, 1.54) is 54.4 Å². The van der Waals surface area contributed by atoms with Crippen molar-refractivity contribution < 1.29 is 9.18 Å². The third-order valence-electron chi connectivity index (χ3n) is 7.30. The lowest BCUT2D eigenvalue weighted by atomic mass is 9.87. The monoisotopic (exact) mass is 459 g/mol. The molecule has 0 bridgehead atoms. The topological polar surface area (TPSA) is 35.6 Å². The van der Waals surface area contributed by atoms with Crippen molar-refractivity contribution in [2.24, 2.45) is 11.8 Å². The highest BCUT2D eigenvalue weighted by atomic mass is 19.1. The van der Waals surface area contributed by atoms with Crippen molar-refractivity contribution in [3.63, 3.8) is 0 Å². The number of piperidine rings is 1. The Labute approximate surface area is 201 Å². The number of nitrogens with one attached hydrogen (secondary N) is 1. The van der Waals surface area contributed by atoms with Crippen LogP contribution in [0.15, 0.2) is 66.7 Å². The van der Waals surface area contributed by atoms with Gasteiger partial charge in [-0.3, -0.25) is 9.69 Å². The van der Waals surface area contributed by atoms with E-state index in [1.54, 1.807) is 12.1 Å². The van der Waals surface area contributed by atoms with Crippen LogP contribution < -0.4 is 5.32 Å². The van der Waals surface area contributed by atoms with Gasteiger partial charge < -0.3 is 10.2 Å². The summed E-state index contributed by atoms with van der Waals surface area (Å²) in [5, 5.41) is 5.63. The smallest absolute Gasteiger partial charge is 0.224 e. The number of rotatable bonds is 7. The number of halogens is 1. The maximum Gasteiger partial charge on any atom is 0.224 e. The Balaban J connectivity index is 1.26. The average Bonchev–Trinajstić information content (AvgIpc) is 3.36. The molecule has 1 N–H and O–H groups in total. The zero-order chi connectivity index (χ0) is 23.3. The molecule has 2 saturated heterocycles. The van der Waals surface area contributed by atoms with Crippen molar-refractivity contribution in [1.82, 2.24) is 15.1 Å². The highest BCUT2D eigenvalue weighted by molar-refractivity contribution is 5.83. The molecule has 5 rings (SSSR count). The highest BCUT2D eigenvalue weighted by Gasteiger charge is 2.32. The molecular weight excluding hydrogens is 425 g/mol. The Kier molecular flexibility index (Phi) is 7.21. The van der Waals surface area contributed by atoms with E-state index >= 15 is 0 Å². The fourth-order valence-electron chi connectivity index (χ4n) is 5.62. The lowest BCUT2D eigenvalue weighted by Crippen LogP contribution is -2.48. The minimum absolute atomic E-state index is 0.0257. The van der Waals surface area contributed by atoms with E-state index in [9.17, 15) is 9.18 Å². The maximum atomic E-state index is 13.2. The van der Waals surface area contributed by atoms with Gasteiger partial charge in [0.25, 0.3) is 0 Å². The van der Waals surface area contributed by atoms with Gasteiger partial charge in [-0.2, -0.15) is 0 Å². The van der Waals surface area contributed by atoms with Gasteiger partial charge >= 0.3 is 0 Å². The van der Waals surface area contributed by atoms with Crippen molar-refractivity contribution in [2.75, 3.05) is 32.7 Å². The summed E-state index contributed by atoms with van der Waals surface area (Å²) >= 11 is 0. The van der Waals surface area contributed by atoms with E-state index in [0.29, 0.717) is 12.5 Å². The van der Waals surface area contributed by atoms with E-state index in [1.807, 2.05) is 0 Å². The van der Waals surface area contributed by atoms with Crippen LogP contribution in [0.25, 0.3) is 10.8 Å². The zero-order valence-corrected chi connectivity index (χ0v) is 19.8. The molecule has 2 fully saturated rings. The van der Waals surface area contributed by atoms with Crippen molar-refractivity contribution in [3.8, 4) is 0 Å². The maximum absolute atomic E-state index is 13.2. The molecule has 0 radical (unpaired) electrons. The van der Waals surface area contributed by atoms with Crippen LogP contribution in [0.1, 0.15) is 30.4 Å². The van der Waals surface area contributed by atoms with Gasteiger partial charge in [0, 0.05) is 32.7 Å². The molecular formula is C29H34FN3O. The molecule has 178 valence electrons. The first-order valence-electron chi connectivity index (χ1n) is 12.6. The second-order valence-electron chi connectivity index (χ2n) is 10.0. The number of nitrogens with zero attached hydrogens (tertiary/aromatic N) is 2. The van der Waals surface area contributed by atoms with Crippen LogP contribution in [-0.4, -0.2) is 48.4 Å². The summed E-state index contributed by atoms with van der Waals surface area (Å²) in [7, 11) is 0. The first kappa shape index (κ1) is 23.0. The number of hydrogen-bond acceptors (Lipinski definition) is 3. The van der Waals surface area contributed by atoms with Crippen LogP contribution in [0.3, 0.4) is 0 Å². The summed E-state index contributed by atoms with van der Waals surface area (Å²) in [6.07, 6.45) is 3.50. The first-order chi connectivity index (χ1) is 16.6. The third kappa shape index (κ3) is 5.83. The van der Waals surface area contributed by atoms with Crippen LogP contribution in [0.4, 0.5) is 4.39 Å². The summed E-state index contributed by atoms with van der Waals surface area (Å²) in [6.45, 7) is 6.56. The van der Waals surface area contributed by atoms with Crippen molar-refractivity contribution in [3.05, 3.63) is 83.7 Å². The number of fused-ring (bicyclic) bond motifs is 1. The quantitative estimate of drug-likeness (QED) is 0.550. The lowest BCUT2D eigenvalue weighted by Gasteiger charge is -2.38. The molecule has 2 aliphatic rings. The van der Waals surface area contributed by atoms with Crippen LogP contribution in [0.5, 0.6) is 0 Å². The van der Waals surface area contributed by atoms with E-state index in [4.69, 9.17) is 0 Å². The molecule has 0 unspecified atom stereocenters. The summed E-state index contributed by atoms with van der Waals surface area (Å²) in [5.74, 6) is 0.325. The second kappa shape index (κ2) is 10.7. The van der Waals surface area contributed by atoms with Crippen LogP contribution >= 0.6 is 0 Å².